The second-order valence-corrected chi connectivity index (χ2v) is 7.55. The predicted octanol–water partition coefficient (Wildman–Crippen LogP) is 5.69. The Bertz CT molecular complexity index is 749. The number of unbranched alkanes of at least 4 members (excludes halogenated alkanes) is 2. The van der Waals surface area contributed by atoms with Crippen LogP contribution in [0.4, 0.5) is 0 Å². The SMILES string of the molecule is CCCCCC(=NNC(=O)COc1ccc(Br)cc1Br)c1ccccc1. The summed E-state index contributed by atoms with van der Waals surface area (Å²) in [6.45, 7) is 2.07. The molecular weight excluding hydrogens is 460 g/mol. The average molecular weight is 482 g/mol. The number of carbonyl (C=O) groups is 1. The van der Waals surface area contributed by atoms with E-state index in [1.807, 2.05) is 42.5 Å². The zero-order valence-electron chi connectivity index (χ0n) is 14.7. The van der Waals surface area contributed by atoms with Gasteiger partial charge in [-0.25, -0.2) is 5.43 Å². The first-order valence-electron chi connectivity index (χ1n) is 8.59. The van der Waals surface area contributed by atoms with Gasteiger partial charge in [0.2, 0.25) is 0 Å². The number of carbonyl (C=O) groups excluding carboxylic acids is 1. The van der Waals surface area contributed by atoms with E-state index in [4.69, 9.17) is 4.74 Å². The molecule has 0 saturated heterocycles. The van der Waals surface area contributed by atoms with E-state index in [0.717, 1.165) is 45.9 Å². The minimum absolute atomic E-state index is 0.0965. The fraction of sp³-hybridized carbons (Fsp3) is 0.300. The largest absolute Gasteiger partial charge is 0.483 e. The van der Waals surface area contributed by atoms with Crippen LogP contribution in [0, 0.1) is 0 Å². The van der Waals surface area contributed by atoms with Crippen LogP contribution >= 0.6 is 31.9 Å². The fourth-order valence-corrected chi connectivity index (χ4v) is 3.50. The summed E-state index contributed by atoms with van der Waals surface area (Å²) in [5.74, 6) is 0.322. The topological polar surface area (TPSA) is 50.7 Å². The number of benzene rings is 2. The minimum atomic E-state index is -0.288. The van der Waals surface area contributed by atoms with Gasteiger partial charge in [-0.3, -0.25) is 4.79 Å². The maximum atomic E-state index is 12.1. The van der Waals surface area contributed by atoms with Gasteiger partial charge in [0.15, 0.2) is 6.61 Å². The highest BCUT2D eigenvalue weighted by Crippen LogP contribution is 2.28. The molecular formula is C20H22Br2N2O2. The lowest BCUT2D eigenvalue weighted by Gasteiger charge is -2.09. The van der Waals surface area contributed by atoms with Gasteiger partial charge in [-0.1, -0.05) is 66.0 Å². The first-order valence-corrected chi connectivity index (χ1v) is 10.2. The quantitative estimate of drug-likeness (QED) is 0.284. The molecule has 4 nitrogen and oxygen atoms in total. The molecule has 0 heterocycles. The van der Waals surface area contributed by atoms with E-state index in [1.54, 1.807) is 6.07 Å². The van der Waals surface area contributed by atoms with Gasteiger partial charge in [0.05, 0.1) is 10.2 Å². The number of halogens is 2. The van der Waals surface area contributed by atoms with Crippen molar-refractivity contribution in [2.75, 3.05) is 6.61 Å². The maximum absolute atomic E-state index is 12.1. The van der Waals surface area contributed by atoms with E-state index >= 15 is 0 Å². The number of hydrazone groups is 1. The Morgan fingerprint density at radius 3 is 2.58 bits per heavy atom. The monoisotopic (exact) mass is 480 g/mol. The Morgan fingerprint density at radius 2 is 1.88 bits per heavy atom. The number of nitrogens with one attached hydrogen (secondary N) is 1. The van der Waals surface area contributed by atoms with Gasteiger partial charge < -0.3 is 4.74 Å². The fourth-order valence-electron chi connectivity index (χ4n) is 2.34. The summed E-state index contributed by atoms with van der Waals surface area (Å²) in [5.41, 5.74) is 4.52. The number of hydrogen-bond acceptors (Lipinski definition) is 3. The minimum Gasteiger partial charge on any atom is -0.483 e. The van der Waals surface area contributed by atoms with Gasteiger partial charge in [-0.05, 0) is 52.5 Å². The molecule has 2 rings (SSSR count). The summed E-state index contributed by atoms with van der Waals surface area (Å²) in [6, 6.07) is 15.4. The van der Waals surface area contributed by atoms with E-state index in [1.165, 1.54) is 0 Å². The molecule has 0 aliphatic heterocycles. The third kappa shape index (κ3) is 6.92. The molecule has 0 aliphatic rings. The van der Waals surface area contributed by atoms with Crippen LogP contribution in [0.25, 0.3) is 0 Å². The Morgan fingerprint density at radius 1 is 1.12 bits per heavy atom. The molecule has 0 spiro atoms. The van der Waals surface area contributed by atoms with Crippen molar-refractivity contribution in [2.45, 2.75) is 32.6 Å². The second-order valence-electron chi connectivity index (χ2n) is 5.78. The van der Waals surface area contributed by atoms with Gasteiger partial charge in [-0.15, -0.1) is 0 Å². The predicted molar refractivity (Wildman–Crippen MR) is 113 cm³/mol. The Hall–Kier alpha value is -1.66. The molecule has 1 N–H and O–H groups in total. The van der Waals surface area contributed by atoms with Crippen LogP contribution in [0.5, 0.6) is 5.75 Å². The number of amides is 1. The van der Waals surface area contributed by atoms with E-state index in [2.05, 4.69) is 49.3 Å². The summed E-state index contributed by atoms with van der Waals surface area (Å²) in [5, 5.41) is 4.33. The number of rotatable bonds is 9. The number of nitrogens with zero attached hydrogens (tertiary/aromatic N) is 1. The van der Waals surface area contributed by atoms with E-state index < -0.39 is 0 Å². The molecule has 0 aliphatic carbocycles. The summed E-state index contributed by atoms with van der Waals surface area (Å²) >= 11 is 6.79. The van der Waals surface area contributed by atoms with Gasteiger partial charge in [0, 0.05) is 4.47 Å². The van der Waals surface area contributed by atoms with Gasteiger partial charge in [0.25, 0.3) is 5.91 Å². The normalized spacial score (nSPS) is 11.3. The van der Waals surface area contributed by atoms with Crippen LogP contribution in [0.15, 0.2) is 62.6 Å². The molecule has 138 valence electrons. The molecule has 1 amide bonds. The molecule has 0 atom stereocenters. The van der Waals surface area contributed by atoms with Crippen LogP contribution in [0.3, 0.4) is 0 Å². The van der Waals surface area contributed by atoms with Crippen LogP contribution < -0.4 is 10.2 Å². The maximum Gasteiger partial charge on any atom is 0.277 e. The molecule has 0 bridgehead atoms. The van der Waals surface area contributed by atoms with Crippen LogP contribution in [0.1, 0.15) is 38.2 Å². The molecule has 2 aromatic rings. The third-order valence-electron chi connectivity index (χ3n) is 3.69. The Labute approximate surface area is 171 Å². The van der Waals surface area contributed by atoms with Crippen molar-refractivity contribution in [1.82, 2.24) is 5.43 Å². The molecule has 0 aromatic heterocycles. The summed E-state index contributed by atoms with van der Waals surface area (Å²) in [7, 11) is 0. The second kappa shape index (κ2) is 11.1. The smallest absolute Gasteiger partial charge is 0.277 e. The summed E-state index contributed by atoms with van der Waals surface area (Å²) in [6.07, 6.45) is 4.16. The first kappa shape index (κ1) is 20.6. The molecule has 0 saturated carbocycles. The lowest BCUT2D eigenvalue weighted by atomic mass is 10.0. The molecule has 0 unspecified atom stereocenters. The molecule has 2 aromatic carbocycles. The standard InChI is InChI=1S/C20H22Br2N2O2/c1-2-3-5-10-18(15-8-6-4-7-9-15)23-24-20(25)14-26-19-12-11-16(21)13-17(19)22/h4,6-9,11-13H,2-3,5,10,14H2,1H3,(H,24,25). The molecule has 6 heteroatoms. The lowest BCUT2D eigenvalue weighted by molar-refractivity contribution is -0.123. The number of hydrogen-bond donors (Lipinski definition) is 1. The van der Waals surface area contributed by atoms with Crippen molar-refractivity contribution >= 4 is 43.5 Å². The van der Waals surface area contributed by atoms with Crippen LogP contribution in [-0.2, 0) is 4.79 Å². The van der Waals surface area contributed by atoms with Crippen molar-refractivity contribution in [3.8, 4) is 5.75 Å². The lowest BCUT2D eigenvalue weighted by Crippen LogP contribution is -2.26. The van der Waals surface area contributed by atoms with Crippen molar-refractivity contribution in [3.05, 3.63) is 63.0 Å². The van der Waals surface area contributed by atoms with Crippen molar-refractivity contribution in [1.29, 1.82) is 0 Å². The van der Waals surface area contributed by atoms with Gasteiger partial charge >= 0.3 is 0 Å². The Balaban J connectivity index is 1.95. The van der Waals surface area contributed by atoms with Gasteiger partial charge in [0.1, 0.15) is 5.75 Å². The highest BCUT2D eigenvalue weighted by atomic mass is 79.9. The zero-order chi connectivity index (χ0) is 18.8. The summed E-state index contributed by atoms with van der Waals surface area (Å²) in [4.78, 5) is 12.1. The van der Waals surface area contributed by atoms with Crippen molar-refractivity contribution < 1.29 is 9.53 Å². The number of ether oxygens (including phenoxy) is 1. The van der Waals surface area contributed by atoms with E-state index in [0.29, 0.717) is 5.75 Å². The highest BCUT2D eigenvalue weighted by Gasteiger charge is 2.08. The summed E-state index contributed by atoms with van der Waals surface area (Å²) < 4.78 is 7.26. The molecule has 0 radical (unpaired) electrons. The van der Waals surface area contributed by atoms with Gasteiger partial charge in [-0.2, -0.15) is 5.10 Å². The third-order valence-corrected chi connectivity index (χ3v) is 4.81. The van der Waals surface area contributed by atoms with Crippen molar-refractivity contribution in [2.24, 2.45) is 5.10 Å². The Kier molecular flexibility index (Phi) is 8.85. The van der Waals surface area contributed by atoms with E-state index in [-0.39, 0.29) is 12.5 Å². The highest BCUT2D eigenvalue weighted by molar-refractivity contribution is 9.11. The zero-order valence-corrected chi connectivity index (χ0v) is 17.8. The first-order chi connectivity index (χ1) is 12.6. The average Bonchev–Trinajstić information content (AvgIpc) is 2.64. The van der Waals surface area contributed by atoms with E-state index in [9.17, 15) is 4.79 Å². The van der Waals surface area contributed by atoms with Crippen molar-refractivity contribution in [3.63, 3.8) is 0 Å². The van der Waals surface area contributed by atoms with Crippen LogP contribution in [-0.4, -0.2) is 18.2 Å². The van der Waals surface area contributed by atoms with Crippen LogP contribution in [0.2, 0.25) is 0 Å². The molecule has 0 fully saturated rings. The molecule has 26 heavy (non-hydrogen) atoms.